The SMILES string of the molecule is NS(=O)(=O)CCCNC(=O)NC1CCCC1. The molecule has 94 valence electrons. The van der Waals surface area contributed by atoms with E-state index in [0.29, 0.717) is 13.0 Å². The average Bonchev–Trinajstić information content (AvgIpc) is 2.63. The maximum atomic E-state index is 11.3. The molecule has 1 aliphatic rings. The highest BCUT2D eigenvalue weighted by Crippen LogP contribution is 2.17. The van der Waals surface area contributed by atoms with Crippen molar-refractivity contribution in [3.8, 4) is 0 Å². The van der Waals surface area contributed by atoms with E-state index >= 15 is 0 Å². The highest BCUT2D eigenvalue weighted by Gasteiger charge is 2.16. The molecular weight excluding hydrogens is 230 g/mol. The summed E-state index contributed by atoms with van der Waals surface area (Å²) in [5, 5.41) is 10.3. The fraction of sp³-hybridized carbons (Fsp3) is 0.889. The van der Waals surface area contributed by atoms with Crippen LogP contribution in [-0.2, 0) is 10.0 Å². The molecule has 1 fully saturated rings. The number of primary sulfonamides is 1. The minimum atomic E-state index is -3.42. The van der Waals surface area contributed by atoms with Crippen LogP contribution in [0.15, 0.2) is 0 Å². The number of nitrogens with one attached hydrogen (secondary N) is 2. The van der Waals surface area contributed by atoms with Gasteiger partial charge >= 0.3 is 6.03 Å². The second-order valence-corrected chi connectivity index (χ2v) is 5.84. The zero-order chi connectivity index (χ0) is 12.0. The lowest BCUT2D eigenvalue weighted by atomic mass is 10.2. The standard InChI is InChI=1S/C9H19N3O3S/c10-16(14,15)7-3-6-11-9(13)12-8-4-1-2-5-8/h8H,1-7H2,(H2,10,14,15)(H2,11,12,13). The van der Waals surface area contributed by atoms with Gasteiger partial charge in [-0.1, -0.05) is 12.8 Å². The third-order valence-corrected chi connectivity index (χ3v) is 3.44. The van der Waals surface area contributed by atoms with Gasteiger partial charge in [-0.15, -0.1) is 0 Å². The summed E-state index contributed by atoms with van der Waals surface area (Å²) >= 11 is 0. The molecule has 0 atom stereocenters. The number of carbonyl (C=O) groups is 1. The maximum absolute atomic E-state index is 11.3. The van der Waals surface area contributed by atoms with Gasteiger partial charge in [0.15, 0.2) is 0 Å². The summed E-state index contributed by atoms with van der Waals surface area (Å²) in [7, 11) is -3.42. The van der Waals surface area contributed by atoms with E-state index in [-0.39, 0.29) is 17.8 Å². The van der Waals surface area contributed by atoms with Crippen LogP contribution in [0.5, 0.6) is 0 Å². The summed E-state index contributed by atoms with van der Waals surface area (Å²) in [4.78, 5) is 11.3. The molecule has 1 rings (SSSR count). The van der Waals surface area contributed by atoms with Crippen LogP contribution in [0.4, 0.5) is 4.79 Å². The second-order valence-electron chi connectivity index (χ2n) is 4.10. The van der Waals surface area contributed by atoms with Crippen molar-refractivity contribution in [3.63, 3.8) is 0 Å². The van der Waals surface area contributed by atoms with E-state index in [1.807, 2.05) is 0 Å². The lowest BCUT2D eigenvalue weighted by molar-refractivity contribution is 0.237. The fourth-order valence-corrected chi connectivity index (χ4v) is 2.33. The zero-order valence-corrected chi connectivity index (χ0v) is 10.1. The Morgan fingerprint density at radius 1 is 1.31 bits per heavy atom. The van der Waals surface area contributed by atoms with Crippen molar-refractivity contribution < 1.29 is 13.2 Å². The Morgan fingerprint density at radius 3 is 2.50 bits per heavy atom. The maximum Gasteiger partial charge on any atom is 0.315 e. The number of carbonyl (C=O) groups excluding carboxylic acids is 1. The first-order valence-corrected chi connectivity index (χ1v) is 7.24. The van der Waals surface area contributed by atoms with Gasteiger partial charge in [-0.05, 0) is 19.3 Å². The predicted octanol–water partition coefficient (Wildman–Crippen LogP) is -0.0932. The molecule has 1 saturated carbocycles. The van der Waals surface area contributed by atoms with Gasteiger partial charge in [0, 0.05) is 12.6 Å². The van der Waals surface area contributed by atoms with Gasteiger partial charge in [-0.2, -0.15) is 0 Å². The second kappa shape index (κ2) is 6.05. The minimum Gasteiger partial charge on any atom is -0.338 e. The monoisotopic (exact) mass is 249 g/mol. The Morgan fingerprint density at radius 2 is 1.94 bits per heavy atom. The van der Waals surface area contributed by atoms with Crippen LogP contribution in [-0.4, -0.2) is 32.8 Å². The molecule has 0 aromatic carbocycles. The number of nitrogens with two attached hydrogens (primary N) is 1. The number of amides is 2. The predicted molar refractivity (Wildman–Crippen MR) is 61.4 cm³/mol. The fourth-order valence-electron chi connectivity index (χ4n) is 1.78. The zero-order valence-electron chi connectivity index (χ0n) is 9.24. The normalized spacial score (nSPS) is 17.3. The molecule has 0 heterocycles. The summed E-state index contributed by atoms with van der Waals surface area (Å²) in [6.07, 6.45) is 4.73. The van der Waals surface area contributed by atoms with Crippen LogP contribution in [0, 0.1) is 0 Å². The minimum absolute atomic E-state index is 0.100. The van der Waals surface area contributed by atoms with Crippen LogP contribution in [0.3, 0.4) is 0 Å². The molecule has 0 unspecified atom stereocenters. The Kier molecular flexibility index (Phi) is 5.01. The number of hydrogen-bond donors (Lipinski definition) is 3. The average molecular weight is 249 g/mol. The van der Waals surface area contributed by atoms with Gasteiger partial charge in [0.05, 0.1) is 5.75 Å². The van der Waals surface area contributed by atoms with E-state index in [2.05, 4.69) is 10.6 Å². The Balaban J connectivity index is 2.06. The first kappa shape index (κ1) is 13.2. The molecule has 7 heteroatoms. The topological polar surface area (TPSA) is 101 Å². The quantitative estimate of drug-likeness (QED) is 0.593. The van der Waals surface area contributed by atoms with Crippen molar-refractivity contribution in [2.45, 2.75) is 38.1 Å². The lowest BCUT2D eigenvalue weighted by Gasteiger charge is -2.12. The van der Waals surface area contributed by atoms with Gasteiger partial charge in [-0.3, -0.25) is 0 Å². The van der Waals surface area contributed by atoms with Crippen molar-refractivity contribution in [3.05, 3.63) is 0 Å². The first-order valence-electron chi connectivity index (χ1n) is 5.52. The third-order valence-electron chi connectivity index (χ3n) is 2.58. The van der Waals surface area contributed by atoms with Crippen LogP contribution >= 0.6 is 0 Å². The van der Waals surface area contributed by atoms with Gasteiger partial charge in [0.25, 0.3) is 0 Å². The van der Waals surface area contributed by atoms with Crippen molar-refractivity contribution in [1.82, 2.24) is 10.6 Å². The molecule has 0 aromatic rings. The van der Waals surface area contributed by atoms with Gasteiger partial charge in [0.2, 0.25) is 10.0 Å². The number of rotatable bonds is 5. The molecule has 0 radical (unpaired) electrons. The van der Waals surface area contributed by atoms with Gasteiger partial charge in [0.1, 0.15) is 0 Å². The van der Waals surface area contributed by atoms with Crippen LogP contribution < -0.4 is 15.8 Å². The van der Waals surface area contributed by atoms with E-state index < -0.39 is 10.0 Å². The highest BCUT2D eigenvalue weighted by molar-refractivity contribution is 7.89. The molecule has 0 bridgehead atoms. The third kappa shape index (κ3) is 5.92. The van der Waals surface area contributed by atoms with Crippen molar-refractivity contribution in [1.29, 1.82) is 0 Å². The molecule has 0 spiro atoms. The summed E-state index contributed by atoms with van der Waals surface area (Å²) in [5.74, 6) is -0.100. The van der Waals surface area contributed by atoms with Crippen molar-refractivity contribution >= 4 is 16.1 Å². The molecular formula is C9H19N3O3S. The lowest BCUT2D eigenvalue weighted by Crippen LogP contribution is -2.41. The molecule has 16 heavy (non-hydrogen) atoms. The first-order chi connectivity index (χ1) is 7.47. The Bertz CT molecular complexity index is 323. The summed E-state index contributed by atoms with van der Waals surface area (Å²) in [5.41, 5.74) is 0. The summed E-state index contributed by atoms with van der Waals surface area (Å²) < 4.78 is 21.2. The van der Waals surface area contributed by atoms with E-state index in [1.54, 1.807) is 0 Å². The van der Waals surface area contributed by atoms with E-state index in [0.717, 1.165) is 25.7 Å². The molecule has 1 aliphatic carbocycles. The van der Waals surface area contributed by atoms with Crippen molar-refractivity contribution in [2.24, 2.45) is 5.14 Å². The van der Waals surface area contributed by atoms with Crippen LogP contribution in [0.25, 0.3) is 0 Å². The van der Waals surface area contributed by atoms with Crippen LogP contribution in [0.2, 0.25) is 0 Å². The molecule has 6 nitrogen and oxygen atoms in total. The molecule has 0 aliphatic heterocycles. The summed E-state index contributed by atoms with van der Waals surface area (Å²) in [6.45, 7) is 0.328. The Hall–Kier alpha value is -0.820. The van der Waals surface area contributed by atoms with Crippen LogP contribution in [0.1, 0.15) is 32.1 Å². The van der Waals surface area contributed by atoms with E-state index in [4.69, 9.17) is 5.14 Å². The van der Waals surface area contributed by atoms with E-state index in [1.165, 1.54) is 0 Å². The highest BCUT2D eigenvalue weighted by atomic mass is 32.2. The Labute approximate surface area is 96.0 Å². The molecule has 4 N–H and O–H groups in total. The number of urea groups is 1. The van der Waals surface area contributed by atoms with Gasteiger partial charge < -0.3 is 10.6 Å². The smallest absolute Gasteiger partial charge is 0.315 e. The largest absolute Gasteiger partial charge is 0.338 e. The molecule has 0 saturated heterocycles. The molecule has 2 amide bonds. The number of sulfonamides is 1. The molecule has 0 aromatic heterocycles. The van der Waals surface area contributed by atoms with Gasteiger partial charge in [-0.25, -0.2) is 18.4 Å². The summed E-state index contributed by atoms with van der Waals surface area (Å²) in [6, 6.07) is 0.0551. The number of hydrogen-bond acceptors (Lipinski definition) is 3. The van der Waals surface area contributed by atoms with Crippen molar-refractivity contribution in [2.75, 3.05) is 12.3 Å². The van der Waals surface area contributed by atoms with E-state index in [9.17, 15) is 13.2 Å².